The van der Waals surface area contributed by atoms with E-state index in [0.717, 1.165) is 11.3 Å². The van der Waals surface area contributed by atoms with Gasteiger partial charge in [0.05, 0.1) is 24.3 Å². The van der Waals surface area contributed by atoms with Crippen molar-refractivity contribution >= 4 is 46.1 Å². The van der Waals surface area contributed by atoms with E-state index in [1.165, 1.54) is 12.3 Å². The fourth-order valence-corrected chi connectivity index (χ4v) is 4.33. The lowest BCUT2D eigenvalue weighted by Gasteiger charge is -2.14. The van der Waals surface area contributed by atoms with Gasteiger partial charge >= 0.3 is 0 Å². The quantitative estimate of drug-likeness (QED) is 0.189. The van der Waals surface area contributed by atoms with Crippen LogP contribution in [0, 0.1) is 5.82 Å². The highest BCUT2D eigenvalue weighted by Gasteiger charge is 2.15. The number of aromatic nitrogens is 2. The van der Waals surface area contributed by atoms with Crippen LogP contribution in [-0.4, -0.2) is 34.8 Å². The number of benzene rings is 3. The zero-order valence-electron chi connectivity index (χ0n) is 20.7. The Hall–Kier alpha value is -4.35. The zero-order valence-corrected chi connectivity index (χ0v) is 22.3. The average molecular weight is 568 g/mol. The molecule has 0 spiro atoms. The lowest BCUT2D eigenvalue weighted by atomic mass is 10.2. The van der Waals surface area contributed by atoms with E-state index in [4.69, 9.17) is 21.1 Å². The predicted molar refractivity (Wildman–Crippen MR) is 147 cm³/mol. The van der Waals surface area contributed by atoms with Crippen LogP contribution in [0.4, 0.5) is 9.52 Å². The molecule has 2 amide bonds. The molecule has 1 aromatic heterocycles. The molecule has 1 heterocycles. The van der Waals surface area contributed by atoms with Crippen molar-refractivity contribution < 1.29 is 23.5 Å². The summed E-state index contributed by atoms with van der Waals surface area (Å²) in [5.41, 5.74) is 3.83. The van der Waals surface area contributed by atoms with E-state index in [1.54, 1.807) is 54.6 Å². The van der Waals surface area contributed by atoms with Crippen LogP contribution in [0.2, 0.25) is 5.02 Å². The molecule has 0 unspecified atom stereocenters. The van der Waals surface area contributed by atoms with Gasteiger partial charge in [0.1, 0.15) is 17.4 Å². The van der Waals surface area contributed by atoms with Gasteiger partial charge in [-0.15, -0.1) is 10.2 Å². The Labute approximate surface area is 232 Å². The highest BCUT2D eigenvalue weighted by molar-refractivity contribution is 7.15. The summed E-state index contributed by atoms with van der Waals surface area (Å²) in [6.07, 6.45) is 1.32. The van der Waals surface area contributed by atoms with Gasteiger partial charge in [0.2, 0.25) is 11.0 Å². The minimum absolute atomic E-state index is 0.0285. The number of nitrogens with zero attached hydrogens (tertiary/aromatic N) is 3. The summed E-state index contributed by atoms with van der Waals surface area (Å²) >= 11 is 7.50. The number of halogens is 2. The predicted octanol–water partition coefficient (Wildman–Crippen LogP) is 5.25. The molecule has 0 saturated heterocycles. The van der Waals surface area contributed by atoms with Crippen molar-refractivity contribution in [1.82, 2.24) is 15.6 Å². The smallest absolute Gasteiger partial charge is 0.257 e. The van der Waals surface area contributed by atoms with Gasteiger partial charge in [0, 0.05) is 11.1 Å². The minimum Gasteiger partial charge on any atom is -0.490 e. The van der Waals surface area contributed by atoms with Crippen molar-refractivity contribution in [3.8, 4) is 11.5 Å². The Morgan fingerprint density at radius 2 is 1.85 bits per heavy atom. The Kier molecular flexibility index (Phi) is 9.54. The van der Waals surface area contributed by atoms with E-state index in [9.17, 15) is 14.0 Å². The molecule has 0 saturated carbocycles. The number of amides is 2. The number of hydrogen-bond donors (Lipinski definition) is 2. The normalized spacial score (nSPS) is 10.8. The average Bonchev–Trinajstić information content (AvgIpc) is 3.36. The largest absolute Gasteiger partial charge is 0.490 e. The molecule has 2 N–H and O–H groups in total. The summed E-state index contributed by atoms with van der Waals surface area (Å²) in [4.78, 5) is 24.6. The molecule has 9 nitrogen and oxygen atoms in total. The van der Waals surface area contributed by atoms with Crippen LogP contribution in [0.3, 0.4) is 0 Å². The molecule has 0 atom stereocenters. The third-order valence-corrected chi connectivity index (χ3v) is 6.22. The third-order valence-electron chi connectivity index (χ3n) is 5.10. The maximum absolute atomic E-state index is 13.9. The first-order valence-corrected chi connectivity index (χ1v) is 13.0. The summed E-state index contributed by atoms with van der Waals surface area (Å²) < 4.78 is 25.3. The molecule has 4 rings (SSSR count). The second kappa shape index (κ2) is 13.4. The van der Waals surface area contributed by atoms with Gasteiger partial charge in [-0.3, -0.25) is 14.9 Å². The van der Waals surface area contributed by atoms with Crippen LogP contribution in [0.5, 0.6) is 11.5 Å². The van der Waals surface area contributed by atoms with Gasteiger partial charge < -0.3 is 9.47 Å². The van der Waals surface area contributed by atoms with Crippen molar-refractivity contribution in [2.45, 2.75) is 20.0 Å². The van der Waals surface area contributed by atoms with Crippen molar-refractivity contribution in [3.63, 3.8) is 0 Å². The van der Waals surface area contributed by atoms with Crippen LogP contribution in [-0.2, 0) is 17.8 Å². The van der Waals surface area contributed by atoms with Crippen LogP contribution in [0.15, 0.2) is 71.8 Å². The highest BCUT2D eigenvalue weighted by atomic mass is 35.5. The molecule has 0 fully saturated rings. The van der Waals surface area contributed by atoms with Gasteiger partial charge in [0.15, 0.2) is 11.5 Å². The Morgan fingerprint density at radius 3 is 2.62 bits per heavy atom. The SMILES string of the molecule is CCOc1cc(/C=N\NC(=O)Cc2nnc(NC(=O)c3ccccc3)s2)cc(Cl)c1OCc1ccccc1F. The molecule has 0 aliphatic rings. The number of hydrogen-bond acceptors (Lipinski definition) is 8. The van der Waals surface area contributed by atoms with Crippen LogP contribution in [0.1, 0.15) is 33.4 Å². The molecular formula is C27H23ClFN5O4S. The standard InChI is InChI=1S/C27H23ClFN5O4S/c1-2-37-22-13-17(12-20(28)25(22)38-16-19-10-6-7-11-21(19)29)15-30-32-23(35)14-24-33-34-27(39-24)31-26(36)18-8-4-3-5-9-18/h3-13,15H,2,14,16H2,1H3,(H,32,35)(H,31,34,36)/b30-15-. The molecule has 4 aromatic rings. The van der Waals surface area contributed by atoms with E-state index in [0.29, 0.717) is 34.1 Å². The van der Waals surface area contributed by atoms with Gasteiger partial charge in [0.25, 0.3) is 5.91 Å². The molecule has 0 aliphatic carbocycles. The van der Waals surface area contributed by atoms with Crippen molar-refractivity contribution in [2.24, 2.45) is 5.10 Å². The summed E-state index contributed by atoms with van der Waals surface area (Å²) in [6.45, 7) is 2.13. The van der Waals surface area contributed by atoms with Gasteiger partial charge in [-0.2, -0.15) is 5.10 Å². The lowest BCUT2D eigenvalue weighted by molar-refractivity contribution is -0.120. The topological polar surface area (TPSA) is 115 Å². The number of ether oxygens (including phenoxy) is 2. The van der Waals surface area contributed by atoms with Gasteiger partial charge in [-0.1, -0.05) is 59.3 Å². The number of nitrogens with one attached hydrogen (secondary N) is 2. The van der Waals surface area contributed by atoms with E-state index in [2.05, 4.69) is 26.0 Å². The second-order valence-electron chi connectivity index (χ2n) is 7.93. The molecule has 39 heavy (non-hydrogen) atoms. The zero-order chi connectivity index (χ0) is 27.6. The maximum atomic E-state index is 13.9. The number of rotatable bonds is 11. The van der Waals surface area contributed by atoms with E-state index < -0.39 is 5.91 Å². The van der Waals surface area contributed by atoms with Crippen LogP contribution >= 0.6 is 22.9 Å². The minimum atomic E-state index is -0.427. The maximum Gasteiger partial charge on any atom is 0.257 e. The number of carbonyl (C=O) groups excluding carboxylic acids is 2. The molecule has 12 heteroatoms. The van der Waals surface area contributed by atoms with Crippen LogP contribution in [0.25, 0.3) is 0 Å². The molecule has 3 aromatic carbocycles. The van der Waals surface area contributed by atoms with E-state index >= 15 is 0 Å². The van der Waals surface area contributed by atoms with E-state index in [1.807, 2.05) is 13.0 Å². The van der Waals surface area contributed by atoms with E-state index in [-0.39, 0.29) is 40.7 Å². The molecule has 200 valence electrons. The molecule has 0 bridgehead atoms. The summed E-state index contributed by atoms with van der Waals surface area (Å²) in [5, 5.41) is 15.4. The van der Waals surface area contributed by atoms with Crippen molar-refractivity contribution in [1.29, 1.82) is 0 Å². The third kappa shape index (κ3) is 7.82. The Morgan fingerprint density at radius 1 is 1.08 bits per heavy atom. The number of anilines is 1. The fourth-order valence-electron chi connectivity index (χ4n) is 3.32. The second-order valence-corrected chi connectivity index (χ2v) is 9.40. The van der Waals surface area contributed by atoms with Gasteiger partial charge in [-0.25, -0.2) is 9.82 Å². The number of hydrazone groups is 1. The first-order chi connectivity index (χ1) is 18.9. The fraction of sp³-hybridized carbons (Fsp3) is 0.148. The number of carbonyl (C=O) groups is 2. The first kappa shape index (κ1) is 27.7. The van der Waals surface area contributed by atoms with Gasteiger partial charge in [-0.05, 0) is 42.8 Å². The Balaban J connectivity index is 1.34. The summed E-state index contributed by atoms with van der Waals surface area (Å²) in [6, 6.07) is 18.2. The lowest BCUT2D eigenvalue weighted by Crippen LogP contribution is -2.19. The Bertz CT molecular complexity index is 1480. The first-order valence-electron chi connectivity index (χ1n) is 11.8. The molecule has 0 radical (unpaired) electrons. The monoisotopic (exact) mass is 567 g/mol. The highest BCUT2D eigenvalue weighted by Crippen LogP contribution is 2.37. The summed E-state index contributed by atoms with van der Waals surface area (Å²) in [7, 11) is 0. The van der Waals surface area contributed by atoms with Crippen molar-refractivity contribution in [2.75, 3.05) is 11.9 Å². The molecular weight excluding hydrogens is 545 g/mol. The molecule has 0 aliphatic heterocycles. The van der Waals surface area contributed by atoms with Crippen molar-refractivity contribution in [3.05, 3.63) is 99.3 Å². The summed E-state index contributed by atoms with van der Waals surface area (Å²) in [5.74, 6) is -0.499. The van der Waals surface area contributed by atoms with Crippen LogP contribution < -0.4 is 20.2 Å².